The second-order valence-corrected chi connectivity index (χ2v) is 3.99. The lowest BCUT2D eigenvalue weighted by Gasteiger charge is -2.12. The van der Waals surface area contributed by atoms with Crippen LogP contribution < -0.4 is 0 Å². The van der Waals surface area contributed by atoms with Crippen molar-refractivity contribution in [1.29, 1.82) is 0 Å². The molecule has 0 saturated heterocycles. The summed E-state index contributed by atoms with van der Waals surface area (Å²) in [7, 11) is 0. The zero-order chi connectivity index (χ0) is 7.44. The van der Waals surface area contributed by atoms with Crippen molar-refractivity contribution in [3.63, 3.8) is 0 Å². The Hall–Kier alpha value is 1.45. The molecule has 0 aromatic carbocycles. The highest BCUT2D eigenvalue weighted by Crippen LogP contribution is 2.21. The van der Waals surface area contributed by atoms with Crippen molar-refractivity contribution in [2.75, 3.05) is 5.88 Å². The van der Waals surface area contributed by atoms with Gasteiger partial charge in [0.05, 0.1) is 10.8 Å². The van der Waals surface area contributed by atoms with E-state index in [0.717, 1.165) is 0 Å². The molecule has 0 aromatic heterocycles. The van der Waals surface area contributed by atoms with Gasteiger partial charge in [-0.05, 0) is 0 Å². The van der Waals surface area contributed by atoms with E-state index >= 15 is 0 Å². The molecule has 2 atom stereocenters. The first-order valence-electron chi connectivity index (χ1n) is 2.22. The van der Waals surface area contributed by atoms with Crippen LogP contribution in [0.4, 0.5) is 0 Å². The molecular formula is C4H5Cl5. The van der Waals surface area contributed by atoms with Crippen LogP contribution in [0.5, 0.6) is 0 Å². The SMILES string of the molecule is ClC[C@H](Cl)[C@H](Cl)C(Cl)Cl. The van der Waals surface area contributed by atoms with Gasteiger partial charge >= 0.3 is 0 Å². The summed E-state index contributed by atoms with van der Waals surface area (Å²) in [5.74, 6) is 0.256. The van der Waals surface area contributed by atoms with Crippen LogP contribution in [0.2, 0.25) is 0 Å². The maximum atomic E-state index is 5.59. The van der Waals surface area contributed by atoms with Crippen LogP contribution >= 0.6 is 58.0 Å². The molecule has 0 fully saturated rings. The summed E-state index contributed by atoms with van der Waals surface area (Å²) in [4.78, 5) is -0.659. The zero-order valence-electron chi connectivity index (χ0n) is 4.33. The summed E-state index contributed by atoms with van der Waals surface area (Å²) in [6, 6.07) is 0. The van der Waals surface area contributed by atoms with Crippen molar-refractivity contribution < 1.29 is 0 Å². The average Bonchev–Trinajstić information content (AvgIpc) is 1.84. The van der Waals surface area contributed by atoms with Crippen LogP contribution in [0.25, 0.3) is 0 Å². The second-order valence-electron chi connectivity index (χ2n) is 1.45. The molecule has 0 spiro atoms. The molecule has 5 heteroatoms. The number of alkyl halides is 5. The Kier molecular flexibility index (Phi) is 5.98. The van der Waals surface area contributed by atoms with Gasteiger partial charge in [0, 0.05) is 5.88 Å². The first-order chi connectivity index (χ1) is 4.09. The molecule has 56 valence electrons. The Morgan fingerprint density at radius 2 is 1.44 bits per heavy atom. The molecule has 0 aliphatic heterocycles. The minimum Gasteiger partial charge on any atom is -0.125 e. The largest absolute Gasteiger partial charge is 0.125 e. The van der Waals surface area contributed by atoms with E-state index in [-0.39, 0.29) is 11.3 Å². The third-order valence-electron chi connectivity index (χ3n) is 0.734. The molecular weight excluding hydrogens is 225 g/mol. The predicted molar refractivity (Wildman–Crippen MR) is 45.5 cm³/mol. The normalized spacial score (nSPS) is 18.0. The number of rotatable bonds is 3. The zero-order valence-corrected chi connectivity index (χ0v) is 8.11. The Morgan fingerprint density at radius 3 is 1.56 bits per heavy atom. The predicted octanol–water partition coefficient (Wildman–Crippen LogP) is 3.24. The maximum absolute atomic E-state index is 5.59. The first-order valence-corrected chi connectivity index (χ1v) is 4.50. The highest BCUT2D eigenvalue weighted by atomic mass is 35.5. The summed E-state index contributed by atoms with van der Waals surface area (Å²) in [5, 5.41) is -0.846. The van der Waals surface area contributed by atoms with Crippen molar-refractivity contribution in [2.45, 2.75) is 15.6 Å². The van der Waals surface area contributed by atoms with E-state index in [4.69, 9.17) is 58.0 Å². The maximum Gasteiger partial charge on any atom is 0.125 e. The van der Waals surface area contributed by atoms with Gasteiger partial charge in [-0.2, -0.15) is 0 Å². The molecule has 0 N–H and O–H groups in total. The second kappa shape index (κ2) is 5.15. The minimum absolute atomic E-state index is 0.256. The first kappa shape index (κ1) is 10.4. The van der Waals surface area contributed by atoms with Gasteiger partial charge in [-0.1, -0.05) is 0 Å². The van der Waals surface area contributed by atoms with E-state index in [1.807, 2.05) is 0 Å². The molecule has 9 heavy (non-hydrogen) atoms. The lowest BCUT2D eigenvalue weighted by Crippen LogP contribution is -2.22. The van der Waals surface area contributed by atoms with Gasteiger partial charge < -0.3 is 0 Å². The van der Waals surface area contributed by atoms with Crippen LogP contribution in [-0.2, 0) is 0 Å². The molecule has 0 bridgehead atoms. The Balaban J connectivity index is 3.58. The number of hydrogen-bond donors (Lipinski definition) is 0. The molecule has 0 amide bonds. The van der Waals surface area contributed by atoms with Gasteiger partial charge in [-0.15, -0.1) is 58.0 Å². The summed E-state index contributed by atoms with van der Waals surface area (Å²) < 4.78 is 0. The lowest BCUT2D eigenvalue weighted by atomic mass is 10.3. The molecule has 0 unspecified atom stereocenters. The lowest BCUT2D eigenvalue weighted by molar-refractivity contribution is 0.884. The van der Waals surface area contributed by atoms with Crippen molar-refractivity contribution in [2.24, 2.45) is 0 Å². The fourth-order valence-electron chi connectivity index (χ4n) is 0.243. The standard InChI is InChI=1S/C4H5Cl5/c5-1-2(6)3(7)4(8)9/h2-4H,1H2/t2-,3-/m0/s1. The van der Waals surface area contributed by atoms with Crippen molar-refractivity contribution in [1.82, 2.24) is 0 Å². The smallest absolute Gasteiger partial charge is 0.125 e. The molecule has 0 aromatic rings. The van der Waals surface area contributed by atoms with Crippen LogP contribution in [-0.4, -0.2) is 21.5 Å². The van der Waals surface area contributed by atoms with E-state index in [1.54, 1.807) is 0 Å². The van der Waals surface area contributed by atoms with Crippen LogP contribution in [0.15, 0.2) is 0 Å². The summed E-state index contributed by atoms with van der Waals surface area (Å²) >= 11 is 27.3. The van der Waals surface area contributed by atoms with Gasteiger partial charge in [0.25, 0.3) is 0 Å². The average molecular weight is 230 g/mol. The van der Waals surface area contributed by atoms with E-state index in [1.165, 1.54) is 0 Å². The monoisotopic (exact) mass is 228 g/mol. The quantitative estimate of drug-likeness (QED) is 0.653. The van der Waals surface area contributed by atoms with Gasteiger partial charge in [0.1, 0.15) is 4.84 Å². The van der Waals surface area contributed by atoms with Gasteiger partial charge in [-0.3, -0.25) is 0 Å². The third kappa shape index (κ3) is 4.00. The summed E-state index contributed by atoms with van der Waals surface area (Å²) in [6.07, 6.45) is 0. The minimum atomic E-state index is -0.659. The van der Waals surface area contributed by atoms with E-state index in [2.05, 4.69) is 0 Å². The van der Waals surface area contributed by atoms with Crippen LogP contribution in [0.3, 0.4) is 0 Å². The van der Waals surface area contributed by atoms with E-state index in [9.17, 15) is 0 Å². The topological polar surface area (TPSA) is 0 Å². The van der Waals surface area contributed by atoms with E-state index in [0.29, 0.717) is 0 Å². The van der Waals surface area contributed by atoms with Crippen molar-refractivity contribution >= 4 is 58.0 Å². The van der Waals surface area contributed by atoms with Gasteiger partial charge in [0.15, 0.2) is 0 Å². The van der Waals surface area contributed by atoms with Crippen molar-refractivity contribution in [3.05, 3.63) is 0 Å². The summed E-state index contributed by atoms with van der Waals surface area (Å²) in [5.41, 5.74) is 0. The summed E-state index contributed by atoms with van der Waals surface area (Å²) in [6.45, 7) is 0. The number of halogens is 5. The fourth-order valence-corrected chi connectivity index (χ4v) is 1.26. The molecule has 0 aliphatic carbocycles. The highest BCUT2D eigenvalue weighted by molar-refractivity contribution is 6.49. The highest BCUT2D eigenvalue weighted by Gasteiger charge is 2.21. The van der Waals surface area contributed by atoms with Crippen molar-refractivity contribution in [3.8, 4) is 0 Å². The van der Waals surface area contributed by atoms with Gasteiger partial charge in [-0.25, -0.2) is 0 Å². The molecule has 0 nitrogen and oxygen atoms in total. The molecule has 0 rings (SSSR count). The van der Waals surface area contributed by atoms with Gasteiger partial charge in [0.2, 0.25) is 0 Å². The van der Waals surface area contributed by atoms with E-state index < -0.39 is 10.2 Å². The molecule has 0 saturated carbocycles. The molecule has 0 heterocycles. The fraction of sp³-hybridized carbons (Fsp3) is 1.00. The van der Waals surface area contributed by atoms with Crippen LogP contribution in [0, 0.1) is 0 Å². The Morgan fingerprint density at radius 1 is 1.00 bits per heavy atom. The molecule has 0 radical (unpaired) electrons. The van der Waals surface area contributed by atoms with Crippen LogP contribution in [0.1, 0.15) is 0 Å². The Labute approximate surface area is 79.4 Å². The third-order valence-corrected chi connectivity index (χ3v) is 3.14. The Bertz CT molecular complexity index is 73.4. The molecule has 0 aliphatic rings. The number of hydrogen-bond acceptors (Lipinski definition) is 0.